The summed E-state index contributed by atoms with van der Waals surface area (Å²) in [5.74, 6) is 0.638. The number of benzene rings is 1. The van der Waals surface area contributed by atoms with Crippen LogP contribution in [0.25, 0.3) is 0 Å². The molecular formula is C16H24ClFN2O2. The number of amides is 1. The molecule has 0 spiro atoms. The number of methoxy groups -OCH3 is 1. The maximum absolute atomic E-state index is 13.9. The summed E-state index contributed by atoms with van der Waals surface area (Å²) in [4.78, 5) is 12.0. The van der Waals surface area contributed by atoms with Gasteiger partial charge >= 0.3 is 0 Å². The van der Waals surface area contributed by atoms with Gasteiger partial charge in [-0.2, -0.15) is 0 Å². The Labute approximate surface area is 137 Å². The van der Waals surface area contributed by atoms with Gasteiger partial charge in [-0.05, 0) is 50.9 Å². The van der Waals surface area contributed by atoms with E-state index >= 15 is 0 Å². The summed E-state index contributed by atoms with van der Waals surface area (Å²) < 4.78 is 19.1. The molecule has 1 saturated heterocycles. The van der Waals surface area contributed by atoms with Crippen LogP contribution in [0, 0.1) is 11.7 Å². The van der Waals surface area contributed by atoms with E-state index in [1.165, 1.54) is 13.2 Å². The van der Waals surface area contributed by atoms with Crippen LogP contribution in [0.2, 0.25) is 0 Å². The number of carbonyl (C=O) groups is 1. The molecular weight excluding hydrogens is 307 g/mol. The summed E-state index contributed by atoms with van der Waals surface area (Å²) in [7, 11) is 1.50. The first-order valence-electron chi connectivity index (χ1n) is 7.44. The van der Waals surface area contributed by atoms with Crippen LogP contribution in [0.15, 0.2) is 18.2 Å². The van der Waals surface area contributed by atoms with E-state index < -0.39 is 6.04 Å². The van der Waals surface area contributed by atoms with Gasteiger partial charge in [0.05, 0.1) is 18.7 Å². The van der Waals surface area contributed by atoms with Gasteiger partial charge in [0, 0.05) is 6.42 Å². The number of halogens is 2. The molecule has 2 unspecified atom stereocenters. The SMILES string of the molecule is COc1cccc(F)c1C(C)NC(=O)CCC1CCNC1.Cl. The van der Waals surface area contributed by atoms with Crippen LogP contribution in [0.3, 0.4) is 0 Å². The number of hydrogen-bond acceptors (Lipinski definition) is 3. The van der Waals surface area contributed by atoms with Crippen LogP contribution in [0.5, 0.6) is 5.75 Å². The Morgan fingerprint density at radius 2 is 2.32 bits per heavy atom. The summed E-state index contributed by atoms with van der Waals surface area (Å²) in [5, 5.41) is 6.14. The molecule has 1 aromatic carbocycles. The van der Waals surface area contributed by atoms with Gasteiger partial charge in [0.2, 0.25) is 5.91 Å². The van der Waals surface area contributed by atoms with Crippen molar-refractivity contribution in [2.24, 2.45) is 5.92 Å². The van der Waals surface area contributed by atoms with Crippen molar-refractivity contribution >= 4 is 18.3 Å². The van der Waals surface area contributed by atoms with Crippen molar-refractivity contribution in [1.82, 2.24) is 10.6 Å². The third-order valence-electron chi connectivity index (χ3n) is 3.99. The van der Waals surface area contributed by atoms with Gasteiger partial charge in [-0.25, -0.2) is 4.39 Å². The molecule has 2 rings (SSSR count). The van der Waals surface area contributed by atoms with Gasteiger partial charge in [-0.1, -0.05) is 6.07 Å². The molecule has 4 nitrogen and oxygen atoms in total. The van der Waals surface area contributed by atoms with E-state index in [1.54, 1.807) is 19.1 Å². The average molecular weight is 331 g/mol. The molecule has 0 aliphatic carbocycles. The highest BCUT2D eigenvalue weighted by atomic mass is 35.5. The van der Waals surface area contributed by atoms with Crippen LogP contribution in [-0.4, -0.2) is 26.1 Å². The normalized spacial score (nSPS) is 18.4. The van der Waals surface area contributed by atoms with Crippen molar-refractivity contribution in [3.8, 4) is 5.75 Å². The fourth-order valence-electron chi connectivity index (χ4n) is 2.80. The second-order valence-electron chi connectivity index (χ2n) is 5.54. The third-order valence-corrected chi connectivity index (χ3v) is 3.99. The largest absolute Gasteiger partial charge is 0.496 e. The van der Waals surface area contributed by atoms with E-state index in [4.69, 9.17) is 4.74 Å². The van der Waals surface area contributed by atoms with Crippen LogP contribution in [-0.2, 0) is 4.79 Å². The van der Waals surface area contributed by atoms with Crippen molar-refractivity contribution in [1.29, 1.82) is 0 Å². The first-order chi connectivity index (χ1) is 10.1. The maximum atomic E-state index is 13.9. The average Bonchev–Trinajstić information content (AvgIpc) is 2.97. The monoisotopic (exact) mass is 330 g/mol. The summed E-state index contributed by atoms with van der Waals surface area (Å²) in [6, 6.07) is 4.27. The minimum Gasteiger partial charge on any atom is -0.496 e. The lowest BCUT2D eigenvalue weighted by Crippen LogP contribution is -2.28. The zero-order valence-electron chi connectivity index (χ0n) is 13.0. The lowest BCUT2D eigenvalue weighted by atomic mass is 10.0. The Balaban J connectivity index is 0.00000242. The Hall–Kier alpha value is -1.33. The molecule has 1 aliphatic heterocycles. The highest BCUT2D eigenvalue weighted by molar-refractivity contribution is 5.85. The predicted octanol–water partition coefficient (Wildman–Crippen LogP) is 2.82. The molecule has 0 radical (unpaired) electrons. The van der Waals surface area contributed by atoms with Crippen molar-refractivity contribution < 1.29 is 13.9 Å². The summed E-state index contributed by atoms with van der Waals surface area (Å²) in [6.07, 6.45) is 2.48. The smallest absolute Gasteiger partial charge is 0.220 e. The zero-order valence-corrected chi connectivity index (χ0v) is 13.8. The molecule has 1 fully saturated rings. The lowest BCUT2D eigenvalue weighted by Gasteiger charge is -2.18. The summed E-state index contributed by atoms with van der Waals surface area (Å²) >= 11 is 0. The number of carbonyl (C=O) groups excluding carboxylic acids is 1. The fraction of sp³-hybridized carbons (Fsp3) is 0.562. The second kappa shape index (κ2) is 8.96. The number of ether oxygens (including phenoxy) is 1. The van der Waals surface area contributed by atoms with Crippen molar-refractivity contribution in [3.05, 3.63) is 29.6 Å². The van der Waals surface area contributed by atoms with Gasteiger partial charge in [0.25, 0.3) is 0 Å². The van der Waals surface area contributed by atoms with Crippen molar-refractivity contribution in [3.63, 3.8) is 0 Å². The molecule has 1 aliphatic rings. The maximum Gasteiger partial charge on any atom is 0.220 e. The van der Waals surface area contributed by atoms with Gasteiger partial charge < -0.3 is 15.4 Å². The molecule has 1 heterocycles. The van der Waals surface area contributed by atoms with E-state index in [9.17, 15) is 9.18 Å². The molecule has 0 bridgehead atoms. The minimum atomic E-state index is -0.407. The molecule has 2 atom stereocenters. The molecule has 124 valence electrons. The van der Waals surface area contributed by atoms with Gasteiger partial charge in [0.15, 0.2) is 0 Å². The molecule has 6 heteroatoms. The molecule has 22 heavy (non-hydrogen) atoms. The Bertz CT molecular complexity index is 493. The fourth-order valence-corrected chi connectivity index (χ4v) is 2.80. The first kappa shape index (κ1) is 18.7. The van der Waals surface area contributed by atoms with Gasteiger partial charge in [-0.15, -0.1) is 12.4 Å². The van der Waals surface area contributed by atoms with E-state index in [2.05, 4.69) is 10.6 Å². The van der Waals surface area contributed by atoms with Crippen molar-refractivity contribution in [2.75, 3.05) is 20.2 Å². The van der Waals surface area contributed by atoms with E-state index in [0.29, 0.717) is 23.7 Å². The highest BCUT2D eigenvalue weighted by Gasteiger charge is 2.20. The molecule has 1 amide bonds. The topological polar surface area (TPSA) is 50.4 Å². The number of hydrogen-bond donors (Lipinski definition) is 2. The van der Waals surface area contributed by atoms with E-state index in [1.807, 2.05) is 0 Å². The van der Waals surface area contributed by atoms with Crippen LogP contribution in [0.4, 0.5) is 4.39 Å². The van der Waals surface area contributed by atoms with Crippen molar-refractivity contribution in [2.45, 2.75) is 32.2 Å². The predicted molar refractivity (Wildman–Crippen MR) is 87.0 cm³/mol. The third kappa shape index (κ3) is 4.85. The van der Waals surface area contributed by atoms with Crippen LogP contribution < -0.4 is 15.4 Å². The van der Waals surface area contributed by atoms with Gasteiger partial charge in [-0.3, -0.25) is 4.79 Å². The molecule has 0 saturated carbocycles. The van der Waals surface area contributed by atoms with E-state index in [-0.39, 0.29) is 24.1 Å². The number of nitrogens with one attached hydrogen (secondary N) is 2. The zero-order chi connectivity index (χ0) is 15.2. The van der Waals surface area contributed by atoms with Gasteiger partial charge in [0.1, 0.15) is 11.6 Å². The Morgan fingerprint density at radius 1 is 1.55 bits per heavy atom. The quantitative estimate of drug-likeness (QED) is 0.843. The lowest BCUT2D eigenvalue weighted by molar-refractivity contribution is -0.122. The first-order valence-corrected chi connectivity index (χ1v) is 7.44. The molecule has 1 aromatic rings. The molecule has 0 aromatic heterocycles. The molecule has 2 N–H and O–H groups in total. The standard InChI is InChI=1S/C16H23FN2O2.ClH/c1-11(16-13(17)4-3-5-14(16)21-2)19-15(20)7-6-12-8-9-18-10-12;/h3-5,11-12,18H,6-10H2,1-2H3,(H,19,20);1H. The van der Waals surface area contributed by atoms with Crippen LogP contribution in [0.1, 0.15) is 37.8 Å². The second-order valence-corrected chi connectivity index (χ2v) is 5.54. The Morgan fingerprint density at radius 3 is 2.95 bits per heavy atom. The minimum absolute atomic E-state index is 0. The summed E-state index contributed by atoms with van der Waals surface area (Å²) in [6.45, 7) is 3.80. The summed E-state index contributed by atoms with van der Waals surface area (Å²) in [5.41, 5.74) is 0.399. The van der Waals surface area contributed by atoms with Crippen LogP contribution >= 0.6 is 12.4 Å². The Kier molecular flexibility index (Phi) is 7.62. The number of rotatable bonds is 6. The highest BCUT2D eigenvalue weighted by Crippen LogP contribution is 2.27. The van der Waals surface area contributed by atoms with E-state index in [0.717, 1.165) is 25.9 Å².